The van der Waals surface area contributed by atoms with E-state index in [0.29, 0.717) is 6.54 Å². The van der Waals surface area contributed by atoms with E-state index in [1.165, 1.54) is 0 Å². The predicted octanol–water partition coefficient (Wildman–Crippen LogP) is 1.79. The Balaban J connectivity index is 2.71. The summed E-state index contributed by atoms with van der Waals surface area (Å²) in [5, 5.41) is 0. The van der Waals surface area contributed by atoms with Crippen LogP contribution in [0.4, 0.5) is 0 Å². The molecule has 0 unspecified atom stereocenters. The van der Waals surface area contributed by atoms with Gasteiger partial charge in [0.25, 0.3) is 0 Å². The van der Waals surface area contributed by atoms with Crippen LogP contribution in [0.1, 0.15) is 5.82 Å². The zero-order valence-electron chi connectivity index (χ0n) is 7.67. The van der Waals surface area contributed by atoms with Crippen LogP contribution in [0.25, 0.3) is 11.0 Å². The van der Waals surface area contributed by atoms with Crippen molar-refractivity contribution in [3.05, 3.63) is 22.4 Å². The van der Waals surface area contributed by atoms with E-state index in [-0.39, 0.29) is 0 Å². The molecule has 5 heteroatoms. The number of hydrogen-bond acceptors (Lipinski definition) is 3. The Kier molecular flexibility index (Phi) is 2.43. The van der Waals surface area contributed by atoms with Crippen LogP contribution in [0.3, 0.4) is 0 Å². The molecule has 0 aliphatic heterocycles. The van der Waals surface area contributed by atoms with E-state index in [9.17, 15) is 0 Å². The molecule has 0 saturated heterocycles. The number of methoxy groups -OCH3 is 1. The van der Waals surface area contributed by atoms with E-state index in [4.69, 9.17) is 10.5 Å². The molecule has 0 amide bonds. The zero-order valence-corrected chi connectivity index (χ0v) is 9.26. The van der Waals surface area contributed by atoms with Crippen LogP contribution in [-0.4, -0.2) is 17.1 Å². The Morgan fingerprint density at radius 2 is 2.36 bits per heavy atom. The zero-order chi connectivity index (χ0) is 10.1. The molecule has 74 valence electrons. The summed E-state index contributed by atoms with van der Waals surface area (Å²) in [6, 6.07) is 3.83. The number of aromatic nitrogens is 2. The average molecular weight is 256 g/mol. The number of imidazole rings is 1. The van der Waals surface area contributed by atoms with Gasteiger partial charge >= 0.3 is 0 Å². The molecule has 0 spiro atoms. The van der Waals surface area contributed by atoms with Gasteiger partial charge in [-0.1, -0.05) is 15.9 Å². The van der Waals surface area contributed by atoms with E-state index in [1.54, 1.807) is 7.11 Å². The van der Waals surface area contributed by atoms with Gasteiger partial charge in [-0.2, -0.15) is 0 Å². The van der Waals surface area contributed by atoms with Crippen LogP contribution in [0.2, 0.25) is 0 Å². The maximum atomic E-state index is 5.50. The van der Waals surface area contributed by atoms with E-state index in [1.807, 2.05) is 12.1 Å². The number of hydrogen-bond donors (Lipinski definition) is 2. The fourth-order valence-electron chi connectivity index (χ4n) is 1.36. The number of ether oxygens (including phenoxy) is 1. The van der Waals surface area contributed by atoms with Gasteiger partial charge in [-0.05, 0) is 12.1 Å². The third-order valence-corrected chi connectivity index (χ3v) is 2.44. The van der Waals surface area contributed by atoms with Crippen LogP contribution in [0.5, 0.6) is 5.75 Å². The van der Waals surface area contributed by atoms with Gasteiger partial charge in [0.1, 0.15) is 17.1 Å². The van der Waals surface area contributed by atoms with Gasteiger partial charge in [0.2, 0.25) is 0 Å². The molecule has 3 N–H and O–H groups in total. The van der Waals surface area contributed by atoms with E-state index >= 15 is 0 Å². The SMILES string of the molecule is COc1cc(Br)cc2[nH]c(CN)nc12. The van der Waals surface area contributed by atoms with Gasteiger partial charge in [0, 0.05) is 4.47 Å². The fraction of sp³-hybridized carbons (Fsp3) is 0.222. The first kappa shape index (κ1) is 9.48. The molecule has 14 heavy (non-hydrogen) atoms. The predicted molar refractivity (Wildman–Crippen MR) is 58.2 cm³/mol. The van der Waals surface area contributed by atoms with Crippen LogP contribution in [-0.2, 0) is 6.54 Å². The lowest BCUT2D eigenvalue weighted by Crippen LogP contribution is -1.97. The Bertz CT molecular complexity index is 466. The first-order valence-electron chi connectivity index (χ1n) is 4.17. The van der Waals surface area contributed by atoms with E-state index in [0.717, 1.165) is 27.1 Å². The first-order chi connectivity index (χ1) is 6.74. The molecule has 0 aliphatic carbocycles. The van der Waals surface area contributed by atoms with Gasteiger partial charge in [-0.15, -0.1) is 0 Å². The number of rotatable bonds is 2. The van der Waals surface area contributed by atoms with Crippen molar-refractivity contribution in [2.75, 3.05) is 7.11 Å². The molecule has 0 atom stereocenters. The molecule has 2 aromatic rings. The molecule has 0 saturated carbocycles. The third-order valence-electron chi connectivity index (χ3n) is 1.98. The second-order valence-corrected chi connectivity index (χ2v) is 3.81. The van der Waals surface area contributed by atoms with Crippen LogP contribution in [0, 0.1) is 0 Å². The minimum Gasteiger partial charge on any atom is -0.494 e. The molecule has 1 aromatic carbocycles. The quantitative estimate of drug-likeness (QED) is 0.860. The van der Waals surface area contributed by atoms with E-state index < -0.39 is 0 Å². The highest BCUT2D eigenvalue weighted by Crippen LogP contribution is 2.28. The lowest BCUT2D eigenvalue weighted by atomic mass is 10.3. The summed E-state index contributed by atoms with van der Waals surface area (Å²) < 4.78 is 6.17. The van der Waals surface area contributed by atoms with Crippen molar-refractivity contribution in [1.82, 2.24) is 9.97 Å². The van der Waals surface area contributed by atoms with Crippen molar-refractivity contribution in [1.29, 1.82) is 0 Å². The highest BCUT2D eigenvalue weighted by atomic mass is 79.9. The van der Waals surface area contributed by atoms with Crippen molar-refractivity contribution in [2.24, 2.45) is 5.73 Å². The largest absolute Gasteiger partial charge is 0.494 e. The highest BCUT2D eigenvalue weighted by Gasteiger charge is 2.08. The summed E-state index contributed by atoms with van der Waals surface area (Å²) >= 11 is 3.40. The summed E-state index contributed by atoms with van der Waals surface area (Å²) in [5.74, 6) is 1.50. The van der Waals surface area contributed by atoms with Gasteiger partial charge in [-0.25, -0.2) is 4.98 Å². The molecule has 0 radical (unpaired) electrons. The Morgan fingerprint density at radius 1 is 1.57 bits per heavy atom. The standard InChI is InChI=1S/C9H10BrN3O/c1-14-7-3-5(10)2-6-9(7)13-8(4-11)12-6/h2-3H,4,11H2,1H3,(H,12,13). The molecule has 1 heterocycles. The topological polar surface area (TPSA) is 63.9 Å². The monoisotopic (exact) mass is 255 g/mol. The second-order valence-electron chi connectivity index (χ2n) is 2.89. The van der Waals surface area contributed by atoms with Gasteiger partial charge in [-0.3, -0.25) is 0 Å². The molecule has 0 fully saturated rings. The summed E-state index contributed by atoms with van der Waals surface area (Å²) in [5.41, 5.74) is 7.24. The number of halogens is 1. The van der Waals surface area contributed by atoms with Gasteiger partial charge < -0.3 is 15.5 Å². The highest BCUT2D eigenvalue weighted by molar-refractivity contribution is 9.10. The number of fused-ring (bicyclic) bond motifs is 1. The summed E-state index contributed by atoms with van der Waals surface area (Å²) in [7, 11) is 1.62. The Morgan fingerprint density at radius 3 is 3.00 bits per heavy atom. The minimum atomic E-state index is 0.398. The number of nitrogens with zero attached hydrogens (tertiary/aromatic N) is 1. The number of nitrogens with two attached hydrogens (primary N) is 1. The molecule has 0 aliphatic rings. The van der Waals surface area contributed by atoms with Crippen LogP contribution >= 0.6 is 15.9 Å². The van der Waals surface area contributed by atoms with Crippen molar-refractivity contribution in [2.45, 2.75) is 6.54 Å². The normalized spacial score (nSPS) is 10.8. The minimum absolute atomic E-state index is 0.398. The van der Waals surface area contributed by atoms with Gasteiger partial charge in [0.05, 0.1) is 19.2 Å². The molecular weight excluding hydrogens is 246 g/mol. The number of aromatic amines is 1. The lowest BCUT2D eigenvalue weighted by Gasteiger charge is -2.00. The first-order valence-corrected chi connectivity index (χ1v) is 4.96. The van der Waals surface area contributed by atoms with Crippen molar-refractivity contribution < 1.29 is 4.74 Å². The van der Waals surface area contributed by atoms with Crippen molar-refractivity contribution in [3.8, 4) is 5.75 Å². The number of H-pyrrole nitrogens is 1. The van der Waals surface area contributed by atoms with Crippen molar-refractivity contribution >= 4 is 27.0 Å². The molecular formula is C9H10BrN3O. The van der Waals surface area contributed by atoms with Crippen LogP contribution in [0.15, 0.2) is 16.6 Å². The fourth-order valence-corrected chi connectivity index (χ4v) is 1.79. The average Bonchev–Trinajstić information content (AvgIpc) is 2.59. The number of benzene rings is 1. The lowest BCUT2D eigenvalue weighted by molar-refractivity contribution is 0.418. The summed E-state index contributed by atoms with van der Waals surface area (Å²) in [6.07, 6.45) is 0. The maximum absolute atomic E-state index is 5.50. The Hall–Kier alpha value is -1.07. The smallest absolute Gasteiger partial charge is 0.147 e. The summed E-state index contributed by atoms with van der Waals surface area (Å²) in [4.78, 5) is 7.43. The van der Waals surface area contributed by atoms with Crippen LogP contribution < -0.4 is 10.5 Å². The molecule has 4 nitrogen and oxygen atoms in total. The number of nitrogens with one attached hydrogen (secondary N) is 1. The third kappa shape index (κ3) is 1.49. The molecule has 0 bridgehead atoms. The Labute approximate surface area is 89.6 Å². The van der Waals surface area contributed by atoms with Gasteiger partial charge in [0.15, 0.2) is 0 Å². The maximum Gasteiger partial charge on any atom is 0.147 e. The van der Waals surface area contributed by atoms with E-state index in [2.05, 4.69) is 25.9 Å². The molecule has 1 aromatic heterocycles. The van der Waals surface area contributed by atoms with Crippen molar-refractivity contribution in [3.63, 3.8) is 0 Å². The second kappa shape index (κ2) is 3.59. The molecule has 2 rings (SSSR count). The summed E-state index contributed by atoms with van der Waals surface area (Å²) in [6.45, 7) is 0.398.